The predicted octanol–water partition coefficient (Wildman–Crippen LogP) is -0.0927. The molecule has 0 saturated heterocycles. The Kier molecular flexibility index (Phi) is 15.1. The zero-order valence-electron chi connectivity index (χ0n) is 19.9. The molecule has 0 aliphatic rings. The second-order valence-corrected chi connectivity index (χ2v) is 9.42. The van der Waals surface area contributed by atoms with E-state index in [1.165, 1.54) is 11.8 Å². The van der Waals surface area contributed by atoms with Crippen LogP contribution in [0.1, 0.15) is 31.2 Å². The zero-order chi connectivity index (χ0) is 26.2. The maximum atomic E-state index is 13.2. The Morgan fingerprint density at radius 1 is 0.943 bits per heavy atom. The molecule has 0 aromatic heterocycles. The van der Waals surface area contributed by atoms with Crippen LogP contribution in [0.2, 0.25) is 0 Å². The van der Waals surface area contributed by atoms with Crippen LogP contribution in [0.15, 0.2) is 30.3 Å². The van der Waals surface area contributed by atoms with Crippen molar-refractivity contribution in [2.45, 2.75) is 56.3 Å². The van der Waals surface area contributed by atoms with Crippen molar-refractivity contribution in [3.63, 3.8) is 0 Å². The molecule has 196 valence electrons. The average molecular weight is 528 g/mol. The van der Waals surface area contributed by atoms with Crippen LogP contribution in [0.4, 0.5) is 0 Å². The summed E-state index contributed by atoms with van der Waals surface area (Å²) in [6.45, 7) is 0.435. The number of thioether (sulfide) groups is 1. The SMILES string of the molecule is CSCCC(NC(=O)C(Cc1ccccc1)NC(=O)C(CCCCN)NC(=O)C(N)CS)C(=O)O. The van der Waals surface area contributed by atoms with Crippen LogP contribution in [0.3, 0.4) is 0 Å². The fourth-order valence-corrected chi connectivity index (χ4v) is 3.86. The molecule has 10 nitrogen and oxygen atoms in total. The summed E-state index contributed by atoms with van der Waals surface area (Å²) in [4.78, 5) is 50.2. The molecule has 4 unspecified atom stereocenters. The number of carbonyl (C=O) groups excluding carboxylic acids is 3. The number of hydrogen-bond acceptors (Lipinski definition) is 8. The smallest absolute Gasteiger partial charge is 0.326 e. The first-order valence-electron chi connectivity index (χ1n) is 11.5. The minimum Gasteiger partial charge on any atom is -0.480 e. The van der Waals surface area contributed by atoms with Crippen LogP contribution in [-0.4, -0.2) is 77.3 Å². The normalized spacial score (nSPS) is 14.3. The lowest BCUT2D eigenvalue weighted by atomic mass is 10.0. The van der Waals surface area contributed by atoms with Crippen LogP contribution in [0.5, 0.6) is 0 Å². The molecule has 8 N–H and O–H groups in total. The minimum absolute atomic E-state index is 0.106. The molecule has 35 heavy (non-hydrogen) atoms. The lowest BCUT2D eigenvalue weighted by molar-refractivity contribution is -0.142. The summed E-state index contributed by atoms with van der Waals surface area (Å²) in [7, 11) is 0. The standard InChI is InChI=1S/C23H37N5O5S2/c1-35-12-10-18(23(32)33)27-22(31)19(13-15-7-3-2-4-8-15)28-21(30)17(9-5-6-11-24)26-20(29)16(25)14-34/h2-4,7-8,16-19,34H,5-6,9-14,24-25H2,1H3,(H,26,29)(H,27,31)(H,28,30)(H,32,33). The topological polar surface area (TPSA) is 177 Å². The van der Waals surface area contributed by atoms with Gasteiger partial charge in [0.05, 0.1) is 6.04 Å². The maximum Gasteiger partial charge on any atom is 0.326 e. The zero-order valence-corrected chi connectivity index (χ0v) is 21.7. The van der Waals surface area contributed by atoms with E-state index in [2.05, 4.69) is 28.6 Å². The highest BCUT2D eigenvalue weighted by Crippen LogP contribution is 2.08. The van der Waals surface area contributed by atoms with Gasteiger partial charge in [-0.2, -0.15) is 24.4 Å². The minimum atomic E-state index is -1.15. The Balaban J connectivity index is 3.07. The summed E-state index contributed by atoms with van der Waals surface area (Å²) >= 11 is 5.49. The molecule has 12 heteroatoms. The van der Waals surface area contributed by atoms with Crippen LogP contribution in [0.25, 0.3) is 0 Å². The number of thiol groups is 1. The first-order valence-corrected chi connectivity index (χ1v) is 13.5. The van der Waals surface area contributed by atoms with Crippen LogP contribution >= 0.6 is 24.4 Å². The Morgan fingerprint density at radius 3 is 2.11 bits per heavy atom. The van der Waals surface area contributed by atoms with Crippen molar-refractivity contribution >= 4 is 48.1 Å². The molecule has 0 bridgehead atoms. The highest BCUT2D eigenvalue weighted by molar-refractivity contribution is 7.98. The summed E-state index contributed by atoms with van der Waals surface area (Å²) in [5.41, 5.74) is 12.1. The van der Waals surface area contributed by atoms with E-state index in [0.29, 0.717) is 31.6 Å². The van der Waals surface area contributed by atoms with Gasteiger partial charge in [0, 0.05) is 12.2 Å². The van der Waals surface area contributed by atoms with Gasteiger partial charge in [0.15, 0.2) is 0 Å². The van der Waals surface area contributed by atoms with E-state index in [4.69, 9.17) is 11.5 Å². The summed E-state index contributed by atoms with van der Waals surface area (Å²) in [6.07, 6.45) is 3.77. The number of nitrogens with one attached hydrogen (secondary N) is 3. The first kappa shape index (κ1) is 30.8. The fourth-order valence-electron chi connectivity index (χ4n) is 3.22. The third-order valence-corrected chi connectivity index (χ3v) is 6.29. The van der Waals surface area contributed by atoms with Gasteiger partial charge in [-0.3, -0.25) is 14.4 Å². The van der Waals surface area contributed by atoms with E-state index in [-0.39, 0.29) is 18.6 Å². The summed E-state index contributed by atoms with van der Waals surface area (Å²) in [5, 5.41) is 17.4. The lowest BCUT2D eigenvalue weighted by Crippen LogP contribution is -2.57. The second kappa shape index (κ2) is 17.2. The summed E-state index contributed by atoms with van der Waals surface area (Å²) < 4.78 is 0. The third-order valence-electron chi connectivity index (χ3n) is 5.25. The molecule has 1 rings (SSSR count). The van der Waals surface area contributed by atoms with Gasteiger partial charge in [0.25, 0.3) is 0 Å². The van der Waals surface area contributed by atoms with Gasteiger partial charge < -0.3 is 32.5 Å². The van der Waals surface area contributed by atoms with Crippen LogP contribution < -0.4 is 27.4 Å². The van der Waals surface area contributed by atoms with Gasteiger partial charge in [0.2, 0.25) is 17.7 Å². The van der Waals surface area contributed by atoms with E-state index >= 15 is 0 Å². The van der Waals surface area contributed by atoms with Gasteiger partial charge >= 0.3 is 5.97 Å². The molecule has 0 aliphatic carbocycles. The number of hydrogen-bond donors (Lipinski definition) is 7. The largest absolute Gasteiger partial charge is 0.480 e. The van der Waals surface area contributed by atoms with Gasteiger partial charge in [-0.15, -0.1) is 0 Å². The van der Waals surface area contributed by atoms with Crippen molar-refractivity contribution in [2.75, 3.05) is 24.3 Å². The Bertz CT molecular complexity index is 815. The Morgan fingerprint density at radius 2 is 1.54 bits per heavy atom. The number of nitrogens with two attached hydrogens (primary N) is 2. The Hall–Kier alpha value is -2.28. The summed E-state index contributed by atoms with van der Waals surface area (Å²) in [5.74, 6) is -2.20. The molecule has 0 heterocycles. The highest BCUT2D eigenvalue weighted by atomic mass is 32.2. The molecule has 0 radical (unpaired) electrons. The number of benzene rings is 1. The van der Waals surface area contributed by atoms with E-state index in [1.54, 1.807) is 24.3 Å². The van der Waals surface area contributed by atoms with Crippen molar-refractivity contribution in [3.05, 3.63) is 35.9 Å². The molecule has 4 atom stereocenters. The number of carbonyl (C=O) groups is 4. The van der Waals surface area contributed by atoms with Crippen molar-refractivity contribution in [2.24, 2.45) is 11.5 Å². The number of carboxylic acids is 1. The number of unbranched alkanes of at least 4 members (excludes halogenated alkanes) is 1. The molecule has 3 amide bonds. The molecular weight excluding hydrogens is 490 g/mol. The van der Waals surface area contributed by atoms with Gasteiger partial charge in [-0.25, -0.2) is 4.79 Å². The molecule has 0 aliphatic heterocycles. The van der Waals surface area contributed by atoms with Crippen LogP contribution in [0, 0.1) is 0 Å². The van der Waals surface area contributed by atoms with Crippen LogP contribution in [-0.2, 0) is 25.6 Å². The van der Waals surface area contributed by atoms with Gasteiger partial charge in [0.1, 0.15) is 18.1 Å². The number of amides is 3. The molecule has 0 spiro atoms. The lowest BCUT2D eigenvalue weighted by Gasteiger charge is -2.25. The highest BCUT2D eigenvalue weighted by Gasteiger charge is 2.30. The Labute approximate surface area is 216 Å². The second-order valence-electron chi connectivity index (χ2n) is 8.07. The van der Waals surface area contributed by atoms with Crippen molar-refractivity contribution in [1.82, 2.24) is 16.0 Å². The van der Waals surface area contributed by atoms with Crippen molar-refractivity contribution < 1.29 is 24.3 Å². The number of rotatable bonds is 17. The monoisotopic (exact) mass is 527 g/mol. The quantitative estimate of drug-likeness (QED) is 0.109. The van der Waals surface area contributed by atoms with E-state index < -0.39 is 47.9 Å². The number of aliphatic carboxylic acids is 1. The molecular formula is C23H37N5O5S2. The van der Waals surface area contributed by atoms with E-state index in [1.807, 2.05) is 12.3 Å². The van der Waals surface area contributed by atoms with E-state index in [0.717, 1.165) is 5.56 Å². The van der Waals surface area contributed by atoms with E-state index in [9.17, 15) is 24.3 Å². The van der Waals surface area contributed by atoms with Crippen molar-refractivity contribution in [3.8, 4) is 0 Å². The maximum absolute atomic E-state index is 13.2. The van der Waals surface area contributed by atoms with Gasteiger partial charge in [-0.1, -0.05) is 30.3 Å². The van der Waals surface area contributed by atoms with Gasteiger partial charge in [-0.05, 0) is 49.8 Å². The van der Waals surface area contributed by atoms with Crippen molar-refractivity contribution in [1.29, 1.82) is 0 Å². The first-order chi connectivity index (χ1) is 16.7. The average Bonchev–Trinajstić information content (AvgIpc) is 2.85. The third kappa shape index (κ3) is 11.8. The number of carboxylic acid groups (broad SMARTS) is 1. The molecule has 0 saturated carbocycles. The predicted molar refractivity (Wildman–Crippen MR) is 141 cm³/mol. The fraction of sp³-hybridized carbons (Fsp3) is 0.565. The molecule has 1 aromatic rings. The molecule has 1 aromatic carbocycles. The molecule has 0 fully saturated rings. The summed E-state index contributed by atoms with van der Waals surface area (Å²) in [6, 6.07) is 5.10.